The number of fused-ring (bicyclic) bond motifs is 1. The van der Waals surface area contributed by atoms with Crippen LogP contribution in [0.2, 0.25) is 0 Å². The van der Waals surface area contributed by atoms with Gasteiger partial charge in [-0.15, -0.1) is 0 Å². The molecule has 0 fully saturated rings. The van der Waals surface area contributed by atoms with Crippen LogP contribution in [0.4, 0.5) is 0 Å². The molecule has 4 heteroatoms. The average molecular weight is 176 g/mol. The fourth-order valence-corrected chi connectivity index (χ4v) is 1.28. The predicted octanol–water partition coefficient (Wildman–Crippen LogP) is 1.27. The topological polar surface area (TPSA) is 55.1 Å². The van der Waals surface area contributed by atoms with Gasteiger partial charge in [0.05, 0.1) is 11.1 Å². The van der Waals surface area contributed by atoms with Crippen LogP contribution in [0, 0.1) is 0 Å². The number of hydrogen-bond acceptors (Lipinski definition) is 2. The molecule has 0 amide bonds. The van der Waals surface area contributed by atoms with Crippen molar-refractivity contribution in [3.63, 3.8) is 0 Å². The predicted molar refractivity (Wildman–Crippen MR) is 47.7 cm³/mol. The van der Waals surface area contributed by atoms with Crippen LogP contribution in [-0.4, -0.2) is 20.9 Å². The van der Waals surface area contributed by atoms with Crippen LogP contribution in [-0.2, 0) is 7.05 Å². The molecular weight excluding hydrogens is 168 g/mol. The third kappa shape index (κ3) is 1.26. The number of carboxylic acids is 1. The standard InChI is InChI=1S/C9H8N2O2/c1-11-5-7-4-6(9(12)13)2-3-8(7)10-11/h2-5H,1H3,(H,12,13). The molecule has 1 heterocycles. The summed E-state index contributed by atoms with van der Waals surface area (Å²) in [6.07, 6.45) is 1.79. The SMILES string of the molecule is Cn1cc2cc(C(=O)O)ccc2n1. The number of benzene rings is 1. The van der Waals surface area contributed by atoms with Crippen molar-refractivity contribution in [1.82, 2.24) is 9.78 Å². The molecule has 66 valence electrons. The van der Waals surface area contributed by atoms with Gasteiger partial charge in [0.15, 0.2) is 0 Å². The van der Waals surface area contributed by atoms with Crippen molar-refractivity contribution in [2.75, 3.05) is 0 Å². The molecule has 0 atom stereocenters. The zero-order valence-electron chi connectivity index (χ0n) is 7.06. The molecular formula is C9H8N2O2. The summed E-state index contributed by atoms with van der Waals surface area (Å²) in [6, 6.07) is 4.88. The second-order valence-electron chi connectivity index (χ2n) is 2.88. The number of nitrogens with zero attached hydrogens (tertiary/aromatic N) is 2. The van der Waals surface area contributed by atoms with E-state index in [0.717, 1.165) is 10.9 Å². The third-order valence-corrected chi connectivity index (χ3v) is 1.87. The minimum Gasteiger partial charge on any atom is -0.478 e. The van der Waals surface area contributed by atoms with Gasteiger partial charge in [0.1, 0.15) is 0 Å². The number of aromatic carboxylic acids is 1. The van der Waals surface area contributed by atoms with Crippen molar-refractivity contribution in [2.24, 2.45) is 7.05 Å². The lowest BCUT2D eigenvalue weighted by molar-refractivity contribution is 0.0697. The van der Waals surface area contributed by atoms with E-state index in [-0.39, 0.29) is 0 Å². The van der Waals surface area contributed by atoms with Crippen LogP contribution >= 0.6 is 0 Å². The highest BCUT2D eigenvalue weighted by molar-refractivity contribution is 5.93. The maximum Gasteiger partial charge on any atom is 0.335 e. The fraction of sp³-hybridized carbons (Fsp3) is 0.111. The van der Waals surface area contributed by atoms with E-state index in [1.165, 1.54) is 0 Å². The lowest BCUT2D eigenvalue weighted by Crippen LogP contribution is -1.94. The van der Waals surface area contributed by atoms with Gasteiger partial charge in [0.2, 0.25) is 0 Å². The number of aryl methyl sites for hydroxylation is 1. The quantitative estimate of drug-likeness (QED) is 0.711. The smallest absolute Gasteiger partial charge is 0.335 e. The molecule has 1 aromatic carbocycles. The first-order valence-electron chi connectivity index (χ1n) is 3.83. The second-order valence-corrected chi connectivity index (χ2v) is 2.88. The number of rotatable bonds is 1. The van der Waals surface area contributed by atoms with Crippen LogP contribution in [0.3, 0.4) is 0 Å². The summed E-state index contributed by atoms with van der Waals surface area (Å²) < 4.78 is 1.66. The summed E-state index contributed by atoms with van der Waals surface area (Å²) in [7, 11) is 1.81. The lowest BCUT2D eigenvalue weighted by atomic mass is 10.2. The Balaban J connectivity index is 2.67. The van der Waals surface area contributed by atoms with Gasteiger partial charge in [0, 0.05) is 18.6 Å². The Morgan fingerprint density at radius 2 is 2.31 bits per heavy atom. The Kier molecular flexibility index (Phi) is 1.55. The van der Waals surface area contributed by atoms with Crippen molar-refractivity contribution in [3.05, 3.63) is 30.0 Å². The Morgan fingerprint density at radius 1 is 1.54 bits per heavy atom. The average Bonchev–Trinajstić information content (AvgIpc) is 2.42. The first-order valence-corrected chi connectivity index (χ1v) is 3.83. The van der Waals surface area contributed by atoms with E-state index >= 15 is 0 Å². The molecule has 1 aromatic heterocycles. The van der Waals surface area contributed by atoms with Gasteiger partial charge in [-0.25, -0.2) is 4.79 Å². The minimum atomic E-state index is -0.911. The zero-order valence-corrected chi connectivity index (χ0v) is 7.06. The summed E-state index contributed by atoms with van der Waals surface area (Å²) in [5, 5.41) is 13.7. The molecule has 0 spiro atoms. The number of carboxylic acid groups (broad SMARTS) is 1. The minimum absolute atomic E-state index is 0.292. The van der Waals surface area contributed by atoms with Crippen LogP contribution in [0.1, 0.15) is 10.4 Å². The maximum atomic E-state index is 10.6. The van der Waals surface area contributed by atoms with Crippen molar-refractivity contribution in [2.45, 2.75) is 0 Å². The fourth-order valence-electron chi connectivity index (χ4n) is 1.28. The molecule has 0 radical (unpaired) electrons. The highest BCUT2D eigenvalue weighted by Gasteiger charge is 2.04. The monoisotopic (exact) mass is 176 g/mol. The van der Waals surface area contributed by atoms with Crippen molar-refractivity contribution >= 4 is 16.9 Å². The Labute approximate surface area is 74.4 Å². The normalized spacial score (nSPS) is 10.5. The van der Waals surface area contributed by atoms with Gasteiger partial charge in [-0.3, -0.25) is 4.68 Å². The van der Waals surface area contributed by atoms with Crippen molar-refractivity contribution in [3.8, 4) is 0 Å². The van der Waals surface area contributed by atoms with E-state index in [0.29, 0.717) is 5.56 Å². The molecule has 1 N–H and O–H groups in total. The van der Waals surface area contributed by atoms with Gasteiger partial charge in [-0.05, 0) is 18.2 Å². The summed E-state index contributed by atoms with van der Waals surface area (Å²) in [6.45, 7) is 0. The summed E-state index contributed by atoms with van der Waals surface area (Å²) in [5.74, 6) is -0.911. The van der Waals surface area contributed by atoms with E-state index in [9.17, 15) is 4.79 Å². The van der Waals surface area contributed by atoms with Crippen molar-refractivity contribution in [1.29, 1.82) is 0 Å². The molecule has 0 aliphatic heterocycles. The Hall–Kier alpha value is -1.84. The molecule has 2 rings (SSSR count). The number of hydrogen-bond donors (Lipinski definition) is 1. The molecule has 0 aliphatic carbocycles. The number of carbonyl (C=O) groups is 1. The van der Waals surface area contributed by atoms with Gasteiger partial charge in [-0.1, -0.05) is 0 Å². The third-order valence-electron chi connectivity index (χ3n) is 1.87. The Morgan fingerprint density at radius 3 is 3.00 bits per heavy atom. The molecule has 0 bridgehead atoms. The van der Waals surface area contributed by atoms with Crippen molar-refractivity contribution < 1.29 is 9.90 Å². The highest BCUT2D eigenvalue weighted by atomic mass is 16.4. The number of aromatic nitrogens is 2. The maximum absolute atomic E-state index is 10.6. The second kappa shape index (κ2) is 2.58. The van der Waals surface area contributed by atoms with Crippen LogP contribution in [0.5, 0.6) is 0 Å². The van der Waals surface area contributed by atoms with E-state index < -0.39 is 5.97 Å². The molecule has 0 unspecified atom stereocenters. The molecule has 0 saturated carbocycles. The van der Waals surface area contributed by atoms with Gasteiger partial charge in [-0.2, -0.15) is 5.10 Å². The van der Waals surface area contributed by atoms with E-state index in [1.54, 1.807) is 36.1 Å². The first-order chi connectivity index (χ1) is 6.16. The Bertz CT molecular complexity index is 473. The van der Waals surface area contributed by atoms with Crippen LogP contribution < -0.4 is 0 Å². The lowest BCUT2D eigenvalue weighted by Gasteiger charge is -1.91. The van der Waals surface area contributed by atoms with E-state index in [4.69, 9.17) is 5.11 Å². The molecule has 0 saturated heterocycles. The molecule has 4 nitrogen and oxygen atoms in total. The van der Waals surface area contributed by atoms with E-state index in [1.807, 2.05) is 0 Å². The van der Waals surface area contributed by atoms with Gasteiger partial charge in [0.25, 0.3) is 0 Å². The summed E-state index contributed by atoms with van der Waals surface area (Å²) in [5.41, 5.74) is 1.10. The zero-order chi connectivity index (χ0) is 9.42. The van der Waals surface area contributed by atoms with Crippen LogP contribution in [0.15, 0.2) is 24.4 Å². The summed E-state index contributed by atoms with van der Waals surface area (Å²) >= 11 is 0. The molecule has 2 aromatic rings. The largest absolute Gasteiger partial charge is 0.478 e. The highest BCUT2D eigenvalue weighted by Crippen LogP contribution is 2.13. The molecule has 13 heavy (non-hydrogen) atoms. The molecule has 0 aliphatic rings. The first kappa shape index (κ1) is 7.79. The van der Waals surface area contributed by atoms with Gasteiger partial charge >= 0.3 is 5.97 Å². The summed E-state index contributed by atoms with van der Waals surface area (Å²) in [4.78, 5) is 10.6. The van der Waals surface area contributed by atoms with E-state index in [2.05, 4.69) is 5.10 Å². The van der Waals surface area contributed by atoms with Crippen LogP contribution in [0.25, 0.3) is 10.9 Å². The van der Waals surface area contributed by atoms with Gasteiger partial charge < -0.3 is 5.11 Å².